The lowest BCUT2D eigenvalue weighted by molar-refractivity contribution is -0.135. The Kier molecular flexibility index (Phi) is 19.5. The van der Waals surface area contributed by atoms with E-state index in [9.17, 15) is 48.3 Å². The molecule has 0 bridgehead atoms. The molecule has 0 aromatic heterocycles. The van der Waals surface area contributed by atoms with Crippen molar-refractivity contribution < 1.29 is 48.3 Å². The molecule has 0 aliphatic rings. The monoisotopic (exact) mass is 720 g/mol. The number of benzene rings is 1. The number of primary amides is 3. The third-order valence-corrected chi connectivity index (χ3v) is 7.19. The summed E-state index contributed by atoms with van der Waals surface area (Å²) in [4.78, 5) is 112. The summed E-state index contributed by atoms with van der Waals surface area (Å²) in [5, 5.41) is 23.4. The lowest BCUT2D eigenvalue weighted by atomic mass is 10.0. The van der Waals surface area contributed by atoms with E-state index in [2.05, 4.69) is 31.9 Å². The second kappa shape index (κ2) is 22.9. The number of hydrogen-bond donors (Lipinski definition) is 11. The molecular formula is C31H48N10O10. The normalized spacial score (nSPS) is 13.5. The molecule has 0 fully saturated rings. The van der Waals surface area contributed by atoms with Gasteiger partial charge in [0.2, 0.25) is 53.2 Å². The van der Waals surface area contributed by atoms with E-state index in [1.807, 2.05) is 0 Å². The van der Waals surface area contributed by atoms with Crippen LogP contribution in [0.4, 0.5) is 0 Å². The van der Waals surface area contributed by atoms with Crippen molar-refractivity contribution in [2.45, 2.75) is 82.1 Å². The van der Waals surface area contributed by atoms with Gasteiger partial charge in [0.15, 0.2) is 0 Å². The highest BCUT2D eigenvalue weighted by Gasteiger charge is 2.31. The topological polar surface area (TPSA) is 350 Å². The summed E-state index contributed by atoms with van der Waals surface area (Å²) in [7, 11) is 0. The fourth-order valence-corrected chi connectivity index (χ4v) is 4.59. The minimum Gasteiger partial charge on any atom is -0.394 e. The zero-order chi connectivity index (χ0) is 38.5. The number of carbonyl (C=O) groups excluding carboxylic acids is 9. The molecule has 0 saturated heterocycles. The van der Waals surface area contributed by atoms with Crippen molar-refractivity contribution in [3.63, 3.8) is 0 Å². The summed E-state index contributed by atoms with van der Waals surface area (Å²) < 4.78 is 0. The molecule has 15 N–H and O–H groups in total. The van der Waals surface area contributed by atoms with Crippen LogP contribution in [0.3, 0.4) is 0 Å². The van der Waals surface area contributed by atoms with Crippen molar-refractivity contribution in [2.75, 3.05) is 19.7 Å². The number of amides is 9. The fraction of sp³-hybridized carbons (Fsp3) is 0.516. The lowest BCUT2D eigenvalue weighted by Gasteiger charge is -2.25. The van der Waals surface area contributed by atoms with E-state index in [4.69, 9.17) is 22.9 Å². The standard InChI is InChI=1S/C31H48N10O10/c1-17(43)37-21(13-18-7-3-2-4-8-18)31(51)39-20(10-11-24(33)44)30(50)40-22(14-25(34)45)28(48)36-15-26(46)38-19(9-5-6-12-32)29(49)41-23(16-42)27(35)47/h2-4,7-8,19-23,42H,5-6,9-16,32H2,1H3,(H2,33,44)(H2,34,45)(H2,35,47)(H,36,48)(H,37,43)(H,38,46)(H,39,51)(H,40,50)(H,41,49)/t19-,20-,21-,22?,23-/m0/s1. The maximum Gasteiger partial charge on any atom is 0.243 e. The third-order valence-electron chi connectivity index (χ3n) is 7.19. The van der Waals surface area contributed by atoms with Crippen LogP contribution < -0.4 is 54.8 Å². The van der Waals surface area contributed by atoms with Crippen LogP contribution in [0.2, 0.25) is 0 Å². The summed E-state index contributed by atoms with van der Waals surface area (Å²) in [6, 6.07) is 1.77. The SMILES string of the molecule is CC(=O)N[C@@H](Cc1ccccc1)C(=O)N[C@@H](CCC(N)=O)C(=O)NC(CC(N)=O)C(=O)NCC(=O)N[C@@H](CCCCN)C(=O)N[C@@H](CO)C(N)=O. The molecule has 20 heteroatoms. The van der Waals surface area contributed by atoms with E-state index in [1.54, 1.807) is 30.3 Å². The van der Waals surface area contributed by atoms with Crippen LogP contribution in [0.15, 0.2) is 30.3 Å². The largest absolute Gasteiger partial charge is 0.394 e. The molecule has 0 spiro atoms. The van der Waals surface area contributed by atoms with Crippen molar-refractivity contribution in [1.29, 1.82) is 0 Å². The molecule has 282 valence electrons. The average Bonchev–Trinajstić information content (AvgIpc) is 3.06. The summed E-state index contributed by atoms with van der Waals surface area (Å²) in [6.45, 7) is -0.0421. The van der Waals surface area contributed by atoms with E-state index in [0.29, 0.717) is 24.9 Å². The van der Waals surface area contributed by atoms with Crippen LogP contribution in [0.5, 0.6) is 0 Å². The average molecular weight is 721 g/mol. The zero-order valence-electron chi connectivity index (χ0n) is 28.3. The highest BCUT2D eigenvalue weighted by Crippen LogP contribution is 2.07. The van der Waals surface area contributed by atoms with Gasteiger partial charge in [0.25, 0.3) is 0 Å². The van der Waals surface area contributed by atoms with Gasteiger partial charge in [-0.2, -0.15) is 0 Å². The van der Waals surface area contributed by atoms with E-state index in [-0.39, 0.29) is 25.7 Å². The number of aliphatic hydroxyl groups is 1. The first-order valence-electron chi connectivity index (χ1n) is 16.0. The quantitative estimate of drug-likeness (QED) is 0.0448. The maximum absolute atomic E-state index is 13.4. The van der Waals surface area contributed by atoms with Gasteiger partial charge in [0.05, 0.1) is 19.6 Å². The molecule has 1 rings (SSSR count). The Bertz CT molecular complexity index is 1390. The Morgan fingerprint density at radius 1 is 0.667 bits per heavy atom. The molecule has 1 aromatic carbocycles. The van der Waals surface area contributed by atoms with Crippen LogP contribution >= 0.6 is 0 Å². The van der Waals surface area contributed by atoms with Gasteiger partial charge in [-0.25, -0.2) is 0 Å². The summed E-state index contributed by atoms with van der Waals surface area (Å²) >= 11 is 0. The maximum atomic E-state index is 13.4. The number of nitrogens with two attached hydrogens (primary N) is 4. The number of aliphatic hydroxyl groups excluding tert-OH is 1. The van der Waals surface area contributed by atoms with Gasteiger partial charge >= 0.3 is 0 Å². The van der Waals surface area contributed by atoms with Gasteiger partial charge in [-0.1, -0.05) is 30.3 Å². The number of unbranched alkanes of at least 4 members (excludes halogenated alkanes) is 1. The van der Waals surface area contributed by atoms with Crippen molar-refractivity contribution in [1.82, 2.24) is 31.9 Å². The minimum atomic E-state index is -1.66. The van der Waals surface area contributed by atoms with Crippen molar-refractivity contribution in [2.24, 2.45) is 22.9 Å². The molecule has 20 nitrogen and oxygen atoms in total. The van der Waals surface area contributed by atoms with Gasteiger partial charge in [-0.05, 0) is 37.8 Å². The Balaban J connectivity index is 3.07. The highest BCUT2D eigenvalue weighted by molar-refractivity contribution is 5.97. The first-order valence-corrected chi connectivity index (χ1v) is 16.0. The molecule has 9 amide bonds. The summed E-state index contributed by atoms with van der Waals surface area (Å²) in [5.74, 6) is -7.94. The number of rotatable bonds is 24. The van der Waals surface area contributed by atoms with Crippen LogP contribution in [-0.4, -0.2) is 108 Å². The molecule has 51 heavy (non-hydrogen) atoms. The molecule has 0 aliphatic carbocycles. The van der Waals surface area contributed by atoms with Crippen LogP contribution in [0.25, 0.3) is 0 Å². The van der Waals surface area contributed by atoms with E-state index in [0.717, 1.165) is 0 Å². The second-order valence-electron chi connectivity index (χ2n) is 11.5. The Morgan fingerprint density at radius 2 is 1.24 bits per heavy atom. The van der Waals surface area contributed by atoms with Gasteiger partial charge in [0.1, 0.15) is 30.2 Å². The van der Waals surface area contributed by atoms with Gasteiger partial charge in [-0.3, -0.25) is 43.2 Å². The van der Waals surface area contributed by atoms with Gasteiger partial charge < -0.3 is 59.9 Å². The molecule has 5 atom stereocenters. The van der Waals surface area contributed by atoms with Gasteiger partial charge in [-0.15, -0.1) is 0 Å². The van der Waals surface area contributed by atoms with Crippen LogP contribution in [0, 0.1) is 0 Å². The molecule has 0 aliphatic heterocycles. The molecule has 0 radical (unpaired) electrons. The summed E-state index contributed by atoms with van der Waals surface area (Å²) in [6.07, 6.45) is -0.421. The lowest BCUT2D eigenvalue weighted by Crippen LogP contribution is -2.58. The van der Waals surface area contributed by atoms with Gasteiger partial charge in [0, 0.05) is 19.8 Å². The molecule has 1 unspecified atom stereocenters. The Hall–Kier alpha value is -5.63. The second-order valence-corrected chi connectivity index (χ2v) is 11.5. The van der Waals surface area contributed by atoms with Crippen LogP contribution in [-0.2, 0) is 49.6 Å². The van der Waals surface area contributed by atoms with Crippen molar-refractivity contribution in [3.05, 3.63) is 35.9 Å². The zero-order valence-corrected chi connectivity index (χ0v) is 28.3. The molecular weight excluding hydrogens is 672 g/mol. The first kappa shape index (κ1) is 43.4. The van der Waals surface area contributed by atoms with Crippen molar-refractivity contribution >= 4 is 53.2 Å². The third kappa shape index (κ3) is 17.5. The Morgan fingerprint density at radius 3 is 1.76 bits per heavy atom. The fourth-order valence-electron chi connectivity index (χ4n) is 4.59. The number of hydrogen-bond acceptors (Lipinski definition) is 11. The smallest absolute Gasteiger partial charge is 0.243 e. The number of nitrogens with one attached hydrogen (secondary N) is 6. The van der Waals surface area contributed by atoms with Crippen LogP contribution in [0.1, 0.15) is 51.0 Å². The first-order chi connectivity index (χ1) is 24.1. The highest BCUT2D eigenvalue weighted by atomic mass is 16.3. The molecule has 0 saturated carbocycles. The minimum absolute atomic E-state index is 0.0495. The van der Waals surface area contributed by atoms with Crippen molar-refractivity contribution in [3.8, 4) is 0 Å². The summed E-state index contributed by atoms with van der Waals surface area (Å²) in [5.41, 5.74) is 21.9. The molecule has 1 aromatic rings. The molecule has 0 heterocycles. The number of carbonyl (C=O) groups is 9. The van der Waals surface area contributed by atoms with E-state index in [1.165, 1.54) is 6.92 Å². The Labute approximate surface area is 293 Å². The predicted molar refractivity (Wildman–Crippen MR) is 180 cm³/mol. The predicted octanol–water partition coefficient (Wildman–Crippen LogP) is -5.46. The van der Waals surface area contributed by atoms with E-state index < -0.39 is 103 Å². The van der Waals surface area contributed by atoms with E-state index >= 15 is 0 Å².